The van der Waals surface area contributed by atoms with Gasteiger partial charge in [0, 0.05) is 12.8 Å². The average molecular weight is 397 g/mol. The van der Waals surface area contributed by atoms with Crippen molar-refractivity contribution in [2.24, 2.45) is 10.8 Å². The van der Waals surface area contributed by atoms with E-state index in [9.17, 15) is 14.7 Å². The number of hydrogen-bond acceptors (Lipinski definition) is 5. The molecule has 1 N–H and O–H groups in total. The van der Waals surface area contributed by atoms with Crippen LogP contribution in [0.5, 0.6) is 0 Å². The van der Waals surface area contributed by atoms with Gasteiger partial charge in [-0.15, -0.1) is 0 Å². The minimum absolute atomic E-state index is 0.0202. The summed E-state index contributed by atoms with van der Waals surface area (Å²) in [6.45, 7) is 9.25. The van der Waals surface area contributed by atoms with Crippen molar-refractivity contribution in [3.63, 3.8) is 0 Å². The van der Waals surface area contributed by atoms with Crippen LogP contribution in [0.3, 0.4) is 0 Å². The lowest BCUT2D eigenvalue weighted by Crippen LogP contribution is -2.29. The molecule has 0 aromatic heterocycles. The van der Waals surface area contributed by atoms with Crippen molar-refractivity contribution in [2.75, 3.05) is 13.2 Å². The molecule has 2 unspecified atom stereocenters. The van der Waals surface area contributed by atoms with Gasteiger partial charge in [0.15, 0.2) is 11.6 Å². The molecule has 0 amide bonds. The first kappa shape index (κ1) is 23.5. The number of carbonyl (C=O) groups is 2. The number of carbonyl (C=O) groups excluding carboxylic acids is 2. The van der Waals surface area contributed by atoms with Crippen LogP contribution in [0.2, 0.25) is 0 Å². The van der Waals surface area contributed by atoms with E-state index in [1.807, 2.05) is 0 Å². The molecular formula is C23H40O5. The first-order chi connectivity index (χ1) is 13.1. The fraction of sp³-hybridized carbons (Fsp3) is 0.913. The van der Waals surface area contributed by atoms with Crippen LogP contribution >= 0.6 is 0 Å². The Morgan fingerprint density at radius 1 is 0.821 bits per heavy atom. The standard InChI is InChI=1S/C23H40O5/c1-22(2,20-13-18(25)15-27-20)11-7-5-9-17(24)10-6-8-12-23(3,4)21-14-19(26)16-28-21/h17,20-21,24H,5-16H2,1-4H3. The molecule has 2 aliphatic heterocycles. The van der Waals surface area contributed by atoms with Crippen molar-refractivity contribution in [1.29, 1.82) is 0 Å². The summed E-state index contributed by atoms with van der Waals surface area (Å²) in [5.41, 5.74) is 0.0405. The Bertz CT molecular complexity index is 479. The zero-order valence-corrected chi connectivity index (χ0v) is 18.3. The van der Waals surface area contributed by atoms with E-state index >= 15 is 0 Å². The zero-order chi connectivity index (χ0) is 20.8. The molecule has 0 radical (unpaired) electrons. The first-order valence-electron chi connectivity index (χ1n) is 11.0. The van der Waals surface area contributed by atoms with Crippen LogP contribution in [-0.2, 0) is 19.1 Å². The third kappa shape index (κ3) is 7.23. The van der Waals surface area contributed by atoms with Crippen molar-refractivity contribution in [1.82, 2.24) is 0 Å². The van der Waals surface area contributed by atoms with E-state index in [0.717, 1.165) is 51.4 Å². The number of unbranched alkanes of at least 4 members (excludes halogenated alkanes) is 2. The Morgan fingerprint density at radius 3 is 1.54 bits per heavy atom. The molecule has 0 spiro atoms. The molecule has 162 valence electrons. The first-order valence-corrected chi connectivity index (χ1v) is 11.0. The SMILES string of the molecule is CC(C)(CCCCC(O)CCCCC(C)(C)C1CC(=O)CO1)C1CC(=O)CO1. The summed E-state index contributed by atoms with van der Waals surface area (Å²) < 4.78 is 11.2. The van der Waals surface area contributed by atoms with E-state index in [1.54, 1.807) is 0 Å². The maximum Gasteiger partial charge on any atom is 0.161 e. The summed E-state index contributed by atoms with van der Waals surface area (Å²) in [5, 5.41) is 10.3. The molecule has 0 aliphatic carbocycles. The van der Waals surface area contributed by atoms with Crippen LogP contribution in [0.1, 0.15) is 91.9 Å². The predicted octanol–water partition coefficient (Wildman–Crippen LogP) is 4.24. The van der Waals surface area contributed by atoms with E-state index in [1.165, 1.54) is 0 Å². The Labute approximate surface area is 170 Å². The van der Waals surface area contributed by atoms with Gasteiger partial charge in [0.05, 0.1) is 18.3 Å². The number of ether oxygens (including phenoxy) is 2. The normalized spacial score (nSPS) is 24.9. The molecule has 2 saturated heterocycles. The highest BCUT2D eigenvalue weighted by Crippen LogP contribution is 2.36. The van der Waals surface area contributed by atoms with Gasteiger partial charge < -0.3 is 14.6 Å². The fourth-order valence-electron chi connectivity index (χ4n) is 4.43. The highest BCUT2D eigenvalue weighted by Gasteiger charge is 2.37. The predicted molar refractivity (Wildman–Crippen MR) is 109 cm³/mol. The number of Topliss-reactive ketones (excluding diaryl/α,β-unsaturated/α-hetero) is 2. The van der Waals surface area contributed by atoms with E-state index < -0.39 is 0 Å². The van der Waals surface area contributed by atoms with Crippen molar-refractivity contribution < 1.29 is 24.2 Å². The van der Waals surface area contributed by atoms with E-state index in [0.29, 0.717) is 12.8 Å². The Balaban J connectivity index is 1.53. The molecule has 2 rings (SSSR count). The molecular weight excluding hydrogens is 356 g/mol. The Morgan fingerprint density at radius 2 is 1.21 bits per heavy atom. The third-order valence-corrected chi connectivity index (χ3v) is 6.68. The second-order valence-corrected chi connectivity index (χ2v) is 10.2. The molecule has 0 bridgehead atoms. The van der Waals surface area contributed by atoms with Crippen LogP contribution in [0.15, 0.2) is 0 Å². The summed E-state index contributed by atoms with van der Waals surface area (Å²) in [5.74, 6) is 0.422. The monoisotopic (exact) mass is 396 g/mol. The van der Waals surface area contributed by atoms with Gasteiger partial charge in [-0.1, -0.05) is 53.4 Å². The third-order valence-electron chi connectivity index (χ3n) is 6.68. The summed E-state index contributed by atoms with van der Waals surface area (Å²) in [7, 11) is 0. The second-order valence-electron chi connectivity index (χ2n) is 10.2. The lowest BCUT2D eigenvalue weighted by Gasteiger charge is -2.30. The Kier molecular flexibility index (Phi) is 8.65. The number of hydrogen-bond donors (Lipinski definition) is 1. The molecule has 0 saturated carbocycles. The van der Waals surface area contributed by atoms with Crippen molar-refractivity contribution in [3.8, 4) is 0 Å². The molecule has 2 aliphatic rings. The van der Waals surface area contributed by atoms with Crippen LogP contribution in [0.25, 0.3) is 0 Å². The maximum atomic E-state index is 11.4. The van der Waals surface area contributed by atoms with E-state index in [2.05, 4.69) is 27.7 Å². The van der Waals surface area contributed by atoms with Gasteiger partial charge in [0.1, 0.15) is 13.2 Å². The van der Waals surface area contributed by atoms with Gasteiger partial charge in [-0.05, 0) is 36.5 Å². The maximum absolute atomic E-state index is 11.4. The molecule has 2 heterocycles. The minimum atomic E-state index is -0.236. The largest absolute Gasteiger partial charge is 0.393 e. The molecule has 5 heteroatoms. The lowest BCUT2D eigenvalue weighted by atomic mass is 9.79. The van der Waals surface area contributed by atoms with Gasteiger partial charge in [-0.2, -0.15) is 0 Å². The minimum Gasteiger partial charge on any atom is -0.393 e. The topological polar surface area (TPSA) is 72.8 Å². The van der Waals surface area contributed by atoms with Gasteiger partial charge in [-0.25, -0.2) is 0 Å². The van der Waals surface area contributed by atoms with E-state index in [-0.39, 0.29) is 53.9 Å². The molecule has 28 heavy (non-hydrogen) atoms. The van der Waals surface area contributed by atoms with Crippen molar-refractivity contribution >= 4 is 11.6 Å². The number of aliphatic hydroxyl groups is 1. The molecule has 2 fully saturated rings. The second kappa shape index (κ2) is 10.3. The van der Waals surface area contributed by atoms with Crippen LogP contribution in [0.4, 0.5) is 0 Å². The highest BCUT2D eigenvalue weighted by atomic mass is 16.5. The van der Waals surface area contributed by atoms with Crippen molar-refractivity contribution in [2.45, 2.75) is 110 Å². The van der Waals surface area contributed by atoms with Crippen LogP contribution < -0.4 is 0 Å². The van der Waals surface area contributed by atoms with E-state index in [4.69, 9.17) is 9.47 Å². The number of ketones is 2. The molecule has 0 aromatic rings. The van der Waals surface area contributed by atoms with Gasteiger partial charge in [-0.3, -0.25) is 9.59 Å². The lowest BCUT2D eigenvalue weighted by molar-refractivity contribution is -0.118. The smallest absolute Gasteiger partial charge is 0.161 e. The van der Waals surface area contributed by atoms with Gasteiger partial charge in [0.2, 0.25) is 0 Å². The van der Waals surface area contributed by atoms with Crippen LogP contribution in [-0.4, -0.2) is 48.2 Å². The van der Waals surface area contributed by atoms with Gasteiger partial charge >= 0.3 is 0 Å². The Hall–Kier alpha value is -0.780. The molecule has 2 atom stereocenters. The number of aliphatic hydroxyl groups excluding tert-OH is 1. The zero-order valence-electron chi connectivity index (χ0n) is 18.3. The summed E-state index contributed by atoms with van der Waals surface area (Å²) in [6, 6.07) is 0. The summed E-state index contributed by atoms with van der Waals surface area (Å²) >= 11 is 0. The molecule has 5 nitrogen and oxygen atoms in total. The molecule has 0 aromatic carbocycles. The van der Waals surface area contributed by atoms with Crippen molar-refractivity contribution in [3.05, 3.63) is 0 Å². The summed E-state index contributed by atoms with van der Waals surface area (Å²) in [4.78, 5) is 22.8. The fourth-order valence-corrected chi connectivity index (χ4v) is 4.43. The average Bonchev–Trinajstić information content (AvgIpc) is 3.25. The quantitative estimate of drug-likeness (QED) is 0.500. The van der Waals surface area contributed by atoms with Gasteiger partial charge in [0.25, 0.3) is 0 Å². The number of rotatable bonds is 12. The highest BCUT2D eigenvalue weighted by molar-refractivity contribution is 5.82. The van der Waals surface area contributed by atoms with Crippen LogP contribution in [0, 0.1) is 10.8 Å². The summed E-state index contributed by atoms with van der Waals surface area (Å²) in [6.07, 6.45) is 8.80.